The molecule has 1 fully saturated rings. The van der Waals surface area contributed by atoms with Gasteiger partial charge in [-0.1, -0.05) is 11.6 Å². The van der Waals surface area contributed by atoms with Gasteiger partial charge >= 0.3 is 0 Å². The summed E-state index contributed by atoms with van der Waals surface area (Å²) in [6, 6.07) is 7.59. The van der Waals surface area contributed by atoms with Crippen LogP contribution in [0.1, 0.15) is 48.3 Å². The number of aryl methyl sites for hydroxylation is 1. The Balaban J connectivity index is 1.25. The van der Waals surface area contributed by atoms with Crippen molar-refractivity contribution in [1.82, 2.24) is 30.2 Å². The van der Waals surface area contributed by atoms with E-state index < -0.39 is 5.41 Å². The number of fused-ring (bicyclic) bond motifs is 3. The number of piperidine rings is 1. The third-order valence-corrected chi connectivity index (χ3v) is 7.21. The van der Waals surface area contributed by atoms with Crippen molar-refractivity contribution >= 4 is 22.7 Å². The topological polar surface area (TPSA) is 114 Å². The lowest BCUT2D eigenvalue weighted by atomic mass is 9.73. The molecule has 10 nitrogen and oxygen atoms in total. The lowest BCUT2D eigenvalue weighted by Gasteiger charge is -2.40. The van der Waals surface area contributed by atoms with Gasteiger partial charge in [-0.05, 0) is 43.9 Å². The predicted octanol–water partition coefficient (Wildman–Crippen LogP) is 2.51. The van der Waals surface area contributed by atoms with E-state index in [4.69, 9.17) is 9.47 Å². The van der Waals surface area contributed by atoms with Crippen LogP contribution >= 0.6 is 0 Å². The van der Waals surface area contributed by atoms with E-state index >= 15 is 0 Å². The second-order valence-corrected chi connectivity index (χ2v) is 9.45. The second-order valence-electron chi connectivity index (χ2n) is 9.45. The van der Waals surface area contributed by atoms with Crippen LogP contribution in [0.25, 0.3) is 10.9 Å². The molecule has 2 aliphatic rings. The van der Waals surface area contributed by atoms with E-state index in [0.717, 1.165) is 48.2 Å². The number of hydrogen-bond donors (Lipinski definition) is 2. The van der Waals surface area contributed by atoms with Gasteiger partial charge in [0.2, 0.25) is 5.91 Å². The van der Waals surface area contributed by atoms with Crippen LogP contribution in [0.15, 0.2) is 30.5 Å². The molecule has 2 aromatic heterocycles. The van der Waals surface area contributed by atoms with Crippen LogP contribution in [-0.4, -0.2) is 70.0 Å². The molecular weight excluding hydrogens is 448 g/mol. The van der Waals surface area contributed by atoms with Gasteiger partial charge in [-0.2, -0.15) is 0 Å². The molecule has 4 heterocycles. The van der Waals surface area contributed by atoms with Crippen molar-refractivity contribution in [3.63, 3.8) is 0 Å². The third kappa shape index (κ3) is 5.02. The normalized spacial score (nSPS) is 19.3. The van der Waals surface area contributed by atoms with E-state index in [9.17, 15) is 9.59 Å². The summed E-state index contributed by atoms with van der Waals surface area (Å²) in [6.45, 7) is 3.13. The third-order valence-electron chi connectivity index (χ3n) is 7.21. The Bertz CT molecular complexity index is 1190. The predicted molar refractivity (Wildman–Crippen MR) is 129 cm³/mol. The standard InChI is InChI=1S/C25H32N6O4/c1-34-20-5-4-18-14-22(27-21(18)15-20)23(32)30-11-7-25(8-12-30)6-2-3-10-31-16-19(28-29-31)17-35-13-9-26-24(25)33/h4-5,14-16,27H,2-3,6-13,17H2,1H3,(H,26,33). The molecule has 0 aliphatic carbocycles. The number of ether oxygens (including phenoxy) is 2. The summed E-state index contributed by atoms with van der Waals surface area (Å²) in [6.07, 6.45) is 5.83. The number of amides is 2. The molecule has 35 heavy (non-hydrogen) atoms. The molecule has 1 spiro atoms. The molecule has 0 radical (unpaired) electrons. The van der Waals surface area contributed by atoms with Crippen LogP contribution in [-0.2, 0) is 22.7 Å². The van der Waals surface area contributed by atoms with Gasteiger partial charge in [-0.15, -0.1) is 5.10 Å². The van der Waals surface area contributed by atoms with Crippen LogP contribution in [0.4, 0.5) is 0 Å². The number of benzene rings is 1. The Hall–Kier alpha value is -3.40. The van der Waals surface area contributed by atoms with Crippen LogP contribution in [0.5, 0.6) is 5.75 Å². The zero-order valence-electron chi connectivity index (χ0n) is 20.1. The summed E-state index contributed by atoms with van der Waals surface area (Å²) in [7, 11) is 1.62. The maximum atomic E-state index is 13.3. The molecule has 2 aliphatic heterocycles. The van der Waals surface area contributed by atoms with Crippen LogP contribution in [0, 0.1) is 5.41 Å². The number of aromatic nitrogens is 4. The first-order valence-electron chi connectivity index (χ1n) is 12.3. The first-order valence-corrected chi connectivity index (χ1v) is 12.3. The number of nitrogens with zero attached hydrogens (tertiary/aromatic N) is 4. The molecule has 3 aromatic rings. The maximum absolute atomic E-state index is 13.3. The molecule has 186 valence electrons. The van der Waals surface area contributed by atoms with Gasteiger partial charge < -0.3 is 24.7 Å². The van der Waals surface area contributed by atoms with E-state index in [1.807, 2.05) is 40.0 Å². The summed E-state index contributed by atoms with van der Waals surface area (Å²) in [5, 5.41) is 12.3. The van der Waals surface area contributed by atoms with E-state index in [2.05, 4.69) is 20.6 Å². The highest BCUT2D eigenvalue weighted by atomic mass is 16.5. The molecule has 2 bridgehead atoms. The number of carbonyl (C=O) groups excluding carboxylic acids is 2. The molecule has 0 atom stereocenters. The summed E-state index contributed by atoms with van der Waals surface area (Å²) < 4.78 is 12.8. The van der Waals surface area contributed by atoms with E-state index in [1.54, 1.807) is 7.11 Å². The summed E-state index contributed by atoms with van der Waals surface area (Å²) >= 11 is 0. The highest BCUT2D eigenvalue weighted by molar-refractivity contribution is 5.98. The minimum absolute atomic E-state index is 0.0355. The van der Waals surface area contributed by atoms with Crippen LogP contribution < -0.4 is 10.1 Å². The van der Waals surface area contributed by atoms with Gasteiger partial charge in [0, 0.05) is 43.1 Å². The first kappa shape index (κ1) is 23.3. The molecule has 10 heteroatoms. The SMILES string of the molecule is COc1ccc2cc(C(=O)N3CCC4(CCCCn5cc(nn5)COCCNC4=O)CC3)[nH]c2c1. The van der Waals surface area contributed by atoms with Crippen molar-refractivity contribution < 1.29 is 19.1 Å². The number of rotatable bonds is 2. The Morgan fingerprint density at radius 1 is 1.14 bits per heavy atom. The Kier molecular flexibility index (Phi) is 6.72. The van der Waals surface area contributed by atoms with Gasteiger partial charge in [-0.3, -0.25) is 14.3 Å². The Labute approximate surface area is 203 Å². The Morgan fingerprint density at radius 3 is 2.83 bits per heavy atom. The number of likely N-dealkylation sites (tertiary alicyclic amines) is 1. The lowest BCUT2D eigenvalue weighted by Crippen LogP contribution is -2.50. The minimum Gasteiger partial charge on any atom is -0.497 e. The Morgan fingerprint density at radius 2 is 2.00 bits per heavy atom. The number of nitrogens with one attached hydrogen (secondary N) is 2. The molecule has 0 unspecified atom stereocenters. The van der Waals surface area contributed by atoms with E-state index in [-0.39, 0.29) is 11.8 Å². The zero-order valence-corrected chi connectivity index (χ0v) is 20.1. The number of hydrogen-bond acceptors (Lipinski definition) is 6. The lowest BCUT2D eigenvalue weighted by molar-refractivity contribution is -0.134. The van der Waals surface area contributed by atoms with Gasteiger partial charge in [0.05, 0.1) is 31.9 Å². The molecule has 2 amide bonds. The zero-order chi connectivity index (χ0) is 24.3. The minimum atomic E-state index is -0.470. The van der Waals surface area contributed by atoms with Crippen molar-refractivity contribution in [1.29, 1.82) is 0 Å². The highest BCUT2D eigenvalue weighted by Crippen LogP contribution is 2.37. The summed E-state index contributed by atoms with van der Waals surface area (Å²) in [5.74, 6) is 0.777. The molecular formula is C25H32N6O4. The molecule has 0 saturated carbocycles. The summed E-state index contributed by atoms with van der Waals surface area (Å²) in [4.78, 5) is 31.6. The maximum Gasteiger partial charge on any atom is 0.270 e. The number of aromatic amines is 1. The fourth-order valence-electron chi connectivity index (χ4n) is 5.10. The molecule has 5 rings (SSSR count). The fraction of sp³-hybridized carbons (Fsp3) is 0.520. The average Bonchev–Trinajstić information content (AvgIpc) is 3.52. The van der Waals surface area contributed by atoms with Crippen molar-refractivity contribution in [2.75, 3.05) is 33.4 Å². The largest absolute Gasteiger partial charge is 0.497 e. The smallest absolute Gasteiger partial charge is 0.270 e. The van der Waals surface area contributed by atoms with Crippen LogP contribution in [0.2, 0.25) is 0 Å². The van der Waals surface area contributed by atoms with Crippen molar-refractivity contribution in [2.24, 2.45) is 5.41 Å². The van der Waals surface area contributed by atoms with Gasteiger partial charge in [0.1, 0.15) is 17.1 Å². The average molecular weight is 481 g/mol. The van der Waals surface area contributed by atoms with Crippen molar-refractivity contribution in [3.8, 4) is 5.75 Å². The van der Waals surface area contributed by atoms with Gasteiger partial charge in [0.15, 0.2) is 0 Å². The van der Waals surface area contributed by atoms with Crippen molar-refractivity contribution in [2.45, 2.75) is 45.3 Å². The monoisotopic (exact) mass is 480 g/mol. The molecule has 1 aromatic carbocycles. The fourth-order valence-corrected chi connectivity index (χ4v) is 5.10. The second kappa shape index (κ2) is 10.1. The van der Waals surface area contributed by atoms with E-state index in [1.165, 1.54) is 0 Å². The number of carbonyl (C=O) groups is 2. The quantitative estimate of drug-likeness (QED) is 0.583. The number of H-pyrrole nitrogens is 1. The van der Waals surface area contributed by atoms with Crippen LogP contribution in [0.3, 0.4) is 0 Å². The van der Waals surface area contributed by atoms with Gasteiger partial charge in [0.25, 0.3) is 5.91 Å². The molecule has 2 N–H and O–H groups in total. The summed E-state index contributed by atoms with van der Waals surface area (Å²) in [5.41, 5.74) is 1.76. The van der Waals surface area contributed by atoms with Crippen molar-refractivity contribution in [3.05, 3.63) is 41.9 Å². The molecule has 1 saturated heterocycles. The highest BCUT2D eigenvalue weighted by Gasteiger charge is 2.41. The number of methoxy groups -OCH3 is 1. The van der Waals surface area contributed by atoms with E-state index in [0.29, 0.717) is 51.4 Å². The first-order chi connectivity index (χ1) is 17.1. The van der Waals surface area contributed by atoms with Gasteiger partial charge in [-0.25, -0.2) is 0 Å².